The van der Waals surface area contributed by atoms with E-state index in [1.165, 1.54) is 24.3 Å². The minimum atomic E-state index is -0.694. The molecule has 1 fully saturated rings. The second kappa shape index (κ2) is 9.79. The Morgan fingerprint density at radius 3 is 1.88 bits per heavy atom. The van der Waals surface area contributed by atoms with Crippen LogP contribution in [0.4, 0.5) is 19.3 Å². The normalized spacial score (nSPS) is 14.3. The highest BCUT2D eigenvalue weighted by atomic mass is 19.1. The number of carbonyl (C=O) groups is 2. The molecule has 0 radical (unpaired) electrons. The summed E-state index contributed by atoms with van der Waals surface area (Å²) < 4.78 is 27.0. The predicted molar refractivity (Wildman–Crippen MR) is 122 cm³/mol. The topological polar surface area (TPSA) is 78.7 Å². The van der Waals surface area contributed by atoms with Crippen molar-refractivity contribution in [3.8, 4) is 0 Å². The first kappa shape index (κ1) is 22.4. The quantitative estimate of drug-likeness (QED) is 0.617. The standard InChI is InChI=1S/C25H24F2N4O2/c26-20-8-4-17(5-9-20)23(18-6-10-21(27)11-7-18)30-12-14-31(15-13-30)24(32)19-2-1-3-22(16-19)29-25(28)33/h1-11,16,23H,12-15H2,(H3,28,29,33). The lowest BCUT2D eigenvalue weighted by Crippen LogP contribution is -2.49. The molecular formula is C25H24F2N4O2. The van der Waals surface area contributed by atoms with E-state index in [2.05, 4.69) is 10.2 Å². The molecule has 8 heteroatoms. The van der Waals surface area contributed by atoms with Gasteiger partial charge in [0.1, 0.15) is 11.6 Å². The van der Waals surface area contributed by atoms with Crippen LogP contribution in [0.2, 0.25) is 0 Å². The highest BCUT2D eigenvalue weighted by Gasteiger charge is 2.28. The summed E-state index contributed by atoms with van der Waals surface area (Å²) in [7, 11) is 0. The fourth-order valence-electron chi connectivity index (χ4n) is 4.14. The van der Waals surface area contributed by atoms with Crippen LogP contribution >= 0.6 is 0 Å². The maximum absolute atomic E-state index is 13.5. The predicted octanol–water partition coefficient (Wildman–Crippen LogP) is 4.00. The van der Waals surface area contributed by atoms with E-state index in [-0.39, 0.29) is 23.6 Å². The van der Waals surface area contributed by atoms with E-state index in [9.17, 15) is 18.4 Å². The maximum Gasteiger partial charge on any atom is 0.316 e. The Kier molecular flexibility index (Phi) is 6.65. The average Bonchev–Trinajstić information content (AvgIpc) is 2.81. The largest absolute Gasteiger partial charge is 0.351 e. The number of piperazine rings is 1. The molecule has 3 aromatic carbocycles. The van der Waals surface area contributed by atoms with E-state index in [1.807, 2.05) is 0 Å². The van der Waals surface area contributed by atoms with Crippen molar-refractivity contribution < 1.29 is 18.4 Å². The van der Waals surface area contributed by atoms with Crippen LogP contribution in [0.3, 0.4) is 0 Å². The first-order valence-corrected chi connectivity index (χ1v) is 10.6. The number of hydrogen-bond donors (Lipinski definition) is 2. The molecule has 3 aromatic rings. The molecule has 0 bridgehead atoms. The molecule has 0 spiro atoms. The lowest BCUT2D eigenvalue weighted by Gasteiger charge is -2.40. The third kappa shape index (κ3) is 5.35. The number of urea groups is 1. The summed E-state index contributed by atoms with van der Waals surface area (Å²) in [5, 5.41) is 2.48. The van der Waals surface area contributed by atoms with Gasteiger partial charge in [-0.05, 0) is 53.6 Å². The highest BCUT2D eigenvalue weighted by molar-refractivity contribution is 5.96. The SMILES string of the molecule is NC(=O)Nc1cccc(C(=O)N2CCN(C(c3ccc(F)cc3)c3ccc(F)cc3)CC2)c1. The first-order valence-electron chi connectivity index (χ1n) is 10.6. The van der Waals surface area contributed by atoms with Crippen molar-refractivity contribution in [1.29, 1.82) is 0 Å². The van der Waals surface area contributed by atoms with Gasteiger partial charge in [0.2, 0.25) is 0 Å². The number of primary amides is 1. The monoisotopic (exact) mass is 450 g/mol. The first-order chi connectivity index (χ1) is 15.9. The van der Waals surface area contributed by atoms with Gasteiger partial charge in [0.05, 0.1) is 6.04 Å². The Hall–Kier alpha value is -3.78. The van der Waals surface area contributed by atoms with Crippen LogP contribution in [-0.4, -0.2) is 47.9 Å². The van der Waals surface area contributed by atoms with E-state index >= 15 is 0 Å². The molecule has 1 aliphatic rings. The second-order valence-corrected chi connectivity index (χ2v) is 7.90. The third-order valence-electron chi connectivity index (χ3n) is 5.72. The minimum Gasteiger partial charge on any atom is -0.351 e. The molecule has 1 saturated heterocycles. The van der Waals surface area contributed by atoms with Crippen LogP contribution in [-0.2, 0) is 0 Å². The molecule has 6 nitrogen and oxygen atoms in total. The summed E-state index contributed by atoms with van der Waals surface area (Å²) in [6, 6.07) is 18.4. The molecule has 33 heavy (non-hydrogen) atoms. The number of nitrogens with one attached hydrogen (secondary N) is 1. The lowest BCUT2D eigenvalue weighted by molar-refractivity contribution is 0.0597. The zero-order valence-corrected chi connectivity index (χ0v) is 17.9. The molecule has 170 valence electrons. The van der Waals surface area contributed by atoms with E-state index in [4.69, 9.17) is 5.73 Å². The van der Waals surface area contributed by atoms with Gasteiger partial charge in [-0.1, -0.05) is 30.3 Å². The van der Waals surface area contributed by atoms with Crippen molar-refractivity contribution in [2.75, 3.05) is 31.5 Å². The molecule has 0 unspecified atom stereocenters. The van der Waals surface area contributed by atoms with Crippen molar-refractivity contribution in [3.63, 3.8) is 0 Å². The summed E-state index contributed by atoms with van der Waals surface area (Å²) in [6.07, 6.45) is 0. The van der Waals surface area contributed by atoms with Gasteiger partial charge in [0, 0.05) is 37.4 Å². The lowest BCUT2D eigenvalue weighted by atomic mass is 9.96. The van der Waals surface area contributed by atoms with Crippen molar-refractivity contribution in [2.24, 2.45) is 5.73 Å². The Morgan fingerprint density at radius 2 is 1.36 bits per heavy atom. The third-order valence-corrected chi connectivity index (χ3v) is 5.72. The molecule has 0 atom stereocenters. The van der Waals surface area contributed by atoms with Crippen molar-refractivity contribution >= 4 is 17.6 Å². The van der Waals surface area contributed by atoms with Crippen LogP contribution in [0.1, 0.15) is 27.5 Å². The number of carbonyl (C=O) groups excluding carboxylic acids is 2. The summed E-state index contributed by atoms with van der Waals surface area (Å²) in [5.74, 6) is -0.775. The van der Waals surface area contributed by atoms with Crippen LogP contribution in [0.15, 0.2) is 72.8 Å². The van der Waals surface area contributed by atoms with Crippen molar-refractivity contribution in [2.45, 2.75) is 6.04 Å². The van der Waals surface area contributed by atoms with Crippen LogP contribution < -0.4 is 11.1 Å². The summed E-state index contributed by atoms with van der Waals surface area (Å²) in [6.45, 7) is 2.16. The molecule has 0 aromatic heterocycles. The zero-order chi connectivity index (χ0) is 23.4. The van der Waals surface area contributed by atoms with Gasteiger partial charge in [-0.15, -0.1) is 0 Å². The summed E-state index contributed by atoms with van der Waals surface area (Å²) >= 11 is 0. The fraction of sp³-hybridized carbons (Fsp3) is 0.200. The molecule has 3 amide bonds. The molecule has 0 saturated carbocycles. The van der Waals surface area contributed by atoms with Crippen molar-refractivity contribution in [3.05, 3.63) is 101 Å². The number of hydrogen-bond acceptors (Lipinski definition) is 3. The molecule has 1 aliphatic heterocycles. The number of rotatable bonds is 5. The Labute approximate surface area is 190 Å². The molecule has 4 rings (SSSR count). The van der Waals surface area contributed by atoms with Gasteiger partial charge in [-0.3, -0.25) is 9.69 Å². The van der Waals surface area contributed by atoms with E-state index in [0.29, 0.717) is 37.4 Å². The molecular weight excluding hydrogens is 426 g/mol. The van der Waals surface area contributed by atoms with Gasteiger partial charge >= 0.3 is 6.03 Å². The number of amides is 3. The number of nitrogens with zero attached hydrogens (tertiary/aromatic N) is 2. The van der Waals surface area contributed by atoms with Crippen LogP contribution in [0.5, 0.6) is 0 Å². The number of anilines is 1. The van der Waals surface area contributed by atoms with Crippen molar-refractivity contribution in [1.82, 2.24) is 9.80 Å². The van der Waals surface area contributed by atoms with Crippen LogP contribution in [0, 0.1) is 11.6 Å². The second-order valence-electron chi connectivity index (χ2n) is 7.90. The van der Waals surface area contributed by atoms with Gasteiger partial charge in [0.25, 0.3) is 5.91 Å². The smallest absolute Gasteiger partial charge is 0.316 e. The molecule has 1 heterocycles. The minimum absolute atomic E-state index is 0.136. The fourth-order valence-corrected chi connectivity index (χ4v) is 4.14. The Bertz CT molecular complexity index is 1080. The number of nitrogens with two attached hydrogens (primary N) is 1. The van der Waals surface area contributed by atoms with Gasteiger partial charge < -0.3 is 16.0 Å². The van der Waals surface area contributed by atoms with E-state index in [1.54, 1.807) is 53.4 Å². The average molecular weight is 450 g/mol. The van der Waals surface area contributed by atoms with Crippen LogP contribution in [0.25, 0.3) is 0 Å². The zero-order valence-electron chi connectivity index (χ0n) is 17.9. The molecule has 3 N–H and O–H groups in total. The summed E-state index contributed by atoms with van der Waals surface area (Å²) in [4.78, 5) is 28.1. The van der Waals surface area contributed by atoms with Gasteiger partial charge in [-0.2, -0.15) is 0 Å². The maximum atomic E-state index is 13.5. The summed E-state index contributed by atoms with van der Waals surface area (Å²) in [5.41, 5.74) is 7.87. The number of benzene rings is 3. The van der Waals surface area contributed by atoms with E-state index in [0.717, 1.165) is 11.1 Å². The van der Waals surface area contributed by atoms with E-state index < -0.39 is 6.03 Å². The number of halogens is 2. The highest BCUT2D eigenvalue weighted by Crippen LogP contribution is 2.30. The molecule has 0 aliphatic carbocycles. The Balaban J connectivity index is 1.50. The Morgan fingerprint density at radius 1 is 0.818 bits per heavy atom. The van der Waals surface area contributed by atoms with Gasteiger partial charge in [0.15, 0.2) is 0 Å². The van der Waals surface area contributed by atoms with Gasteiger partial charge in [-0.25, -0.2) is 13.6 Å².